The van der Waals surface area contributed by atoms with Crippen molar-refractivity contribution in [1.82, 2.24) is 0 Å². The predicted molar refractivity (Wildman–Crippen MR) is 97.9 cm³/mol. The Kier molecular flexibility index (Phi) is 6.25. The third-order valence-corrected chi connectivity index (χ3v) is 4.88. The minimum atomic E-state index is -3.98. The predicted octanol–water partition coefficient (Wildman–Crippen LogP) is 2.74. The summed E-state index contributed by atoms with van der Waals surface area (Å²) in [5.41, 5.74) is 0.609. The number of rotatable bonds is 5. The largest absolute Gasteiger partial charge is 0.452 e. The number of aryl methyl sites for hydroxylation is 1. The van der Waals surface area contributed by atoms with Gasteiger partial charge in [0.1, 0.15) is 0 Å². The highest BCUT2D eigenvalue weighted by atomic mass is 35.5. The van der Waals surface area contributed by atoms with Gasteiger partial charge < -0.3 is 10.1 Å². The minimum absolute atomic E-state index is 0.0480. The molecule has 0 aliphatic carbocycles. The monoisotopic (exact) mass is 416 g/mol. The van der Waals surface area contributed by atoms with E-state index in [1.165, 1.54) is 31.2 Å². The lowest BCUT2D eigenvalue weighted by atomic mass is 10.1. The molecule has 0 fully saturated rings. The third kappa shape index (κ3) is 5.18. The maximum Gasteiger partial charge on any atom is 0.338 e. The van der Waals surface area contributed by atoms with E-state index in [9.17, 15) is 18.0 Å². The van der Waals surface area contributed by atoms with Crippen LogP contribution in [0.3, 0.4) is 0 Å². The molecule has 1 amide bonds. The molecule has 2 aromatic rings. The highest BCUT2D eigenvalue weighted by molar-refractivity contribution is 7.89. The van der Waals surface area contributed by atoms with Gasteiger partial charge in [-0.1, -0.05) is 29.3 Å². The molecule has 0 radical (unpaired) electrons. The highest BCUT2D eigenvalue weighted by Crippen LogP contribution is 2.25. The first kappa shape index (κ1) is 20.2. The molecule has 138 valence electrons. The molecule has 7 nitrogen and oxygen atoms in total. The second-order valence-corrected chi connectivity index (χ2v) is 7.65. The summed E-state index contributed by atoms with van der Waals surface area (Å²) in [6, 6.07) is 8.40. The van der Waals surface area contributed by atoms with Crippen LogP contribution in [0.15, 0.2) is 41.3 Å². The molecular weight excluding hydrogens is 403 g/mol. The van der Waals surface area contributed by atoms with Crippen LogP contribution < -0.4 is 10.5 Å². The number of carbonyl (C=O) groups is 2. The smallest absolute Gasteiger partial charge is 0.338 e. The van der Waals surface area contributed by atoms with Crippen molar-refractivity contribution in [3.63, 3.8) is 0 Å². The molecule has 0 atom stereocenters. The molecule has 2 rings (SSSR count). The van der Waals surface area contributed by atoms with Crippen molar-refractivity contribution in [2.75, 3.05) is 11.9 Å². The zero-order chi connectivity index (χ0) is 19.5. The maximum absolute atomic E-state index is 12.0. The molecule has 10 heteroatoms. The summed E-state index contributed by atoms with van der Waals surface area (Å²) >= 11 is 11.7. The average Bonchev–Trinajstić information content (AvgIpc) is 2.55. The van der Waals surface area contributed by atoms with Crippen LogP contribution in [0.5, 0.6) is 0 Å². The fourth-order valence-corrected chi connectivity index (χ4v) is 3.17. The van der Waals surface area contributed by atoms with Gasteiger partial charge in [0.05, 0.1) is 21.2 Å². The molecule has 0 heterocycles. The Labute approximate surface area is 160 Å². The summed E-state index contributed by atoms with van der Waals surface area (Å²) in [5.74, 6) is -1.51. The van der Waals surface area contributed by atoms with Crippen molar-refractivity contribution in [1.29, 1.82) is 0 Å². The maximum atomic E-state index is 12.0. The number of primary sulfonamides is 1. The van der Waals surface area contributed by atoms with Gasteiger partial charge in [0, 0.05) is 5.02 Å². The van der Waals surface area contributed by atoms with E-state index in [2.05, 4.69) is 5.32 Å². The van der Waals surface area contributed by atoms with Crippen molar-refractivity contribution < 1.29 is 22.7 Å². The first-order chi connectivity index (χ1) is 12.1. The number of carbonyl (C=O) groups excluding carboxylic acids is 2. The molecule has 2 aromatic carbocycles. The quantitative estimate of drug-likeness (QED) is 0.726. The summed E-state index contributed by atoms with van der Waals surface area (Å²) in [6.07, 6.45) is 0. The molecular formula is C16H14Cl2N2O5S. The number of hydrogen-bond acceptors (Lipinski definition) is 5. The number of amides is 1. The van der Waals surface area contributed by atoms with Gasteiger partial charge >= 0.3 is 5.97 Å². The highest BCUT2D eigenvalue weighted by Gasteiger charge is 2.17. The summed E-state index contributed by atoms with van der Waals surface area (Å²) in [4.78, 5) is 23.7. The van der Waals surface area contributed by atoms with Crippen LogP contribution in [0.4, 0.5) is 5.69 Å². The number of halogens is 2. The molecule has 0 spiro atoms. The van der Waals surface area contributed by atoms with Gasteiger partial charge in [-0.25, -0.2) is 18.4 Å². The first-order valence-electron chi connectivity index (χ1n) is 7.13. The van der Waals surface area contributed by atoms with E-state index in [4.69, 9.17) is 33.1 Å². The van der Waals surface area contributed by atoms with Crippen molar-refractivity contribution in [2.24, 2.45) is 5.14 Å². The molecule has 0 saturated heterocycles. The number of nitrogens with one attached hydrogen (secondary N) is 1. The van der Waals surface area contributed by atoms with Crippen LogP contribution in [0.2, 0.25) is 10.0 Å². The Balaban J connectivity index is 2.04. The molecule has 26 heavy (non-hydrogen) atoms. The topological polar surface area (TPSA) is 116 Å². The Bertz CT molecular complexity index is 977. The minimum Gasteiger partial charge on any atom is -0.452 e. The molecule has 0 saturated carbocycles. The number of sulfonamides is 1. The number of hydrogen-bond donors (Lipinski definition) is 2. The fourth-order valence-electron chi connectivity index (χ4n) is 2.03. The van der Waals surface area contributed by atoms with Crippen molar-refractivity contribution in [3.8, 4) is 0 Å². The van der Waals surface area contributed by atoms with Crippen LogP contribution >= 0.6 is 23.2 Å². The normalized spacial score (nSPS) is 11.1. The number of anilines is 1. The number of nitrogens with two attached hydrogens (primary N) is 1. The summed E-state index contributed by atoms with van der Waals surface area (Å²) in [5, 5.41) is 8.19. The van der Waals surface area contributed by atoms with E-state index in [-0.39, 0.29) is 21.2 Å². The lowest BCUT2D eigenvalue weighted by molar-refractivity contribution is -0.119. The number of esters is 1. The second-order valence-electron chi connectivity index (χ2n) is 5.27. The molecule has 0 aliphatic rings. The molecule has 0 unspecified atom stereocenters. The Morgan fingerprint density at radius 3 is 2.50 bits per heavy atom. The third-order valence-electron chi connectivity index (χ3n) is 3.27. The Morgan fingerprint density at radius 2 is 1.85 bits per heavy atom. The number of ether oxygens (including phenoxy) is 1. The summed E-state index contributed by atoms with van der Waals surface area (Å²) in [6.45, 7) is 0.942. The van der Waals surface area contributed by atoms with Gasteiger partial charge in [-0.3, -0.25) is 4.79 Å². The van der Waals surface area contributed by atoms with E-state index in [1.807, 2.05) is 0 Å². The molecule has 0 aromatic heterocycles. The molecule has 0 bridgehead atoms. The lowest BCUT2D eigenvalue weighted by Gasteiger charge is -2.09. The van der Waals surface area contributed by atoms with E-state index >= 15 is 0 Å². The second kappa shape index (κ2) is 8.05. The van der Waals surface area contributed by atoms with E-state index < -0.39 is 28.5 Å². The van der Waals surface area contributed by atoms with Crippen LogP contribution in [-0.2, 0) is 19.6 Å². The summed E-state index contributed by atoms with van der Waals surface area (Å²) < 4.78 is 27.9. The zero-order valence-corrected chi connectivity index (χ0v) is 15.8. The van der Waals surface area contributed by atoms with Crippen molar-refractivity contribution >= 4 is 50.8 Å². The Morgan fingerprint density at radius 1 is 1.15 bits per heavy atom. The van der Waals surface area contributed by atoms with Gasteiger partial charge in [0.25, 0.3) is 5.91 Å². The number of benzene rings is 2. The van der Waals surface area contributed by atoms with E-state index in [0.29, 0.717) is 10.6 Å². The van der Waals surface area contributed by atoms with Crippen LogP contribution in [0.25, 0.3) is 0 Å². The SMILES string of the molecule is Cc1ccc(C(=O)OCC(=O)Nc2cc(Cl)ccc2Cl)cc1S(N)(=O)=O. The lowest BCUT2D eigenvalue weighted by Crippen LogP contribution is -2.21. The standard InChI is InChI=1S/C16H14Cl2N2O5S/c1-9-2-3-10(6-14(9)26(19,23)24)16(22)25-8-15(21)20-13-7-11(17)4-5-12(13)18/h2-7H,8H2,1H3,(H,20,21)(H2,19,23,24). The molecule has 0 aliphatic heterocycles. The molecule has 3 N–H and O–H groups in total. The van der Waals surface area contributed by atoms with E-state index in [0.717, 1.165) is 6.07 Å². The first-order valence-corrected chi connectivity index (χ1v) is 9.43. The summed E-state index contributed by atoms with van der Waals surface area (Å²) in [7, 11) is -3.98. The Hall–Kier alpha value is -2.13. The van der Waals surface area contributed by atoms with Gasteiger partial charge in [-0.15, -0.1) is 0 Å². The fraction of sp³-hybridized carbons (Fsp3) is 0.125. The van der Waals surface area contributed by atoms with Crippen LogP contribution in [0.1, 0.15) is 15.9 Å². The van der Waals surface area contributed by atoms with E-state index in [1.54, 1.807) is 6.07 Å². The zero-order valence-electron chi connectivity index (χ0n) is 13.5. The van der Waals surface area contributed by atoms with Crippen LogP contribution in [0, 0.1) is 6.92 Å². The van der Waals surface area contributed by atoms with Gasteiger partial charge in [-0.2, -0.15) is 0 Å². The van der Waals surface area contributed by atoms with Gasteiger partial charge in [-0.05, 0) is 42.8 Å². The van der Waals surface area contributed by atoms with Crippen molar-refractivity contribution in [2.45, 2.75) is 11.8 Å². The van der Waals surface area contributed by atoms with Gasteiger partial charge in [0.15, 0.2) is 6.61 Å². The average molecular weight is 417 g/mol. The van der Waals surface area contributed by atoms with Crippen LogP contribution in [-0.4, -0.2) is 26.9 Å². The van der Waals surface area contributed by atoms with Gasteiger partial charge in [0.2, 0.25) is 10.0 Å². The van der Waals surface area contributed by atoms with Crippen molar-refractivity contribution in [3.05, 3.63) is 57.6 Å².